The van der Waals surface area contributed by atoms with Crippen molar-refractivity contribution in [2.45, 2.75) is 32.9 Å². The molecule has 19 heavy (non-hydrogen) atoms. The Labute approximate surface area is 112 Å². The fraction of sp³-hybridized carbons (Fsp3) is 0.429. The van der Waals surface area contributed by atoms with Crippen LogP contribution in [0.3, 0.4) is 0 Å². The van der Waals surface area contributed by atoms with Crippen molar-refractivity contribution in [1.82, 2.24) is 15.0 Å². The molecule has 0 saturated heterocycles. The zero-order chi connectivity index (χ0) is 13.5. The third-order valence-electron chi connectivity index (χ3n) is 2.93. The lowest BCUT2D eigenvalue weighted by atomic mass is 10.2. The van der Waals surface area contributed by atoms with E-state index in [0.29, 0.717) is 12.3 Å². The van der Waals surface area contributed by atoms with E-state index in [0.717, 1.165) is 30.8 Å². The minimum Gasteiger partial charge on any atom is -0.494 e. The lowest BCUT2D eigenvalue weighted by Crippen LogP contribution is -2.09. The van der Waals surface area contributed by atoms with E-state index >= 15 is 0 Å². The first-order valence-corrected chi connectivity index (χ1v) is 6.55. The molecule has 5 heteroatoms. The SMILES string of the molecule is CCc1c(CO)nnn1CCCOc1ccccc1. The Balaban J connectivity index is 1.81. The third-order valence-corrected chi connectivity index (χ3v) is 2.93. The molecule has 2 rings (SSSR count). The van der Waals surface area contributed by atoms with Crippen molar-refractivity contribution in [2.75, 3.05) is 6.61 Å². The van der Waals surface area contributed by atoms with E-state index in [1.54, 1.807) is 0 Å². The van der Waals surface area contributed by atoms with Crippen molar-refractivity contribution in [3.8, 4) is 5.75 Å². The van der Waals surface area contributed by atoms with Crippen molar-refractivity contribution in [1.29, 1.82) is 0 Å². The fourth-order valence-corrected chi connectivity index (χ4v) is 1.98. The van der Waals surface area contributed by atoms with Crippen molar-refractivity contribution in [3.05, 3.63) is 41.7 Å². The Morgan fingerprint density at radius 3 is 2.74 bits per heavy atom. The molecule has 102 valence electrons. The maximum atomic E-state index is 9.14. The molecule has 5 nitrogen and oxygen atoms in total. The van der Waals surface area contributed by atoms with Gasteiger partial charge in [-0.15, -0.1) is 5.10 Å². The van der Waals surface area contributed by atoms with Crippen LogP contribution >= 0.6 is 0 Å². The Hall–Kier alpha value is -1.88. The zero-order valence-electron chi connectivity index (χ0n) is 11.1. The summed E-state index contributed by atoms with van der Waals surface area (Å²) in [5, 5.41) is 17.2. The van der Waals surface area contributed by atoms with E-state index < -0.39 is 0 Å². The van der Waals surface area contributed by atoms with Crippen molar-refractivity contribution in [2.24, 2.45) is 0 Å². The predicted molar refractivity (Wildman–Crippen MR) is 71.9 cm³/mol. The molecule has 0 amide bonds. The first kappa shape index (κ1) is 13.5. The molecule has 1 aromatic heterocycles. The van der Waals surface area contributed by atoms with Crippen molar-refractivity contribution >= 4 is 0 Å². The van der Waals surface area contributed by atoms with Gasteiger partial charge in [-0.25, -0.2) is 4.68 Å². The monoisotopic (exact) mass is 261 g/mol. The molecule has 0 atom stereocenters. The minimum absolute atomic E-state index is 0.0519. The predicted octanol–water partition coefficient (Wildman–Crippen LogP) is 1.80. The number of hydrogen-bond acceptors (Lipinski definition) is 4. The molecule has 0 unspecified atom stereocenters. The van der Waals surface area contributed by atoms with Crippen LogP contribution in [0, 0.1) is 0 Å². The number of aryl methyl sites for hydroxylation is 1. The minimum atomic E-state index is -0.0519. The fourth-order valence-electron chi connectivity index (χ4n) is 1.98. The maximum absolute atomic E-state index is 9.14. The molecule has 1 N–H and O–H groups in total. The summed E-state index contributed by atoms with van der Waals surface area (Å²) in [7, 11) is 0. The van der Waals surface area contributed by atoms with Gasteiger partial charge in [-0.05, 0) is 18.6 Å². The van der Waals surface area contributed by atoms with Gasteiger partial charge in [-0.2, -0.15) is 0 Å². The van der Waals surface area contributed by atoms with Crippen LogP contribution in [-0.2, 0) is 19.6 Å². The molecule has 1 heterocycles. The van der Waals surface area contributed by atoms with Gasteiger partial charge in [-0.3, -0.25) is 0 Å². The quantitative estimate of drug-likeness (QED) is 0.772. The first-order chi connectivity index (χ1) is 9.35. The summed E-state index contributed by atoms with van der Waals surface area (Å²) < 4.78 is 7.47. The molecule has 0 saturated carbocycles. The summed E-state index contributed by atoms with van der Waals surface area (Å²) in [6.07, 6.45) is 1.68. The Morgan fingerprint density at radius 1 is 1.26 bits per heavy atom. The highest BCUT2D eigenvalue weighted by Gasteiger charge is 2.09. The van der Waals surface area contributed by atoms with Gasteiger partial charge in [0.25, 0.3) is 0 Å². The van der Waals surface area contributed by atoms with E-state index in [1.807, 2.05) is 41.9 Å². The molecule has 0 aliphatic heterocycles. The van der Waals surface area contributed by atoms with E-state index in [9.17, 15) is 0 Å². The highest BCUT2D eigenvalue weighted by Crippen LogP contribution is 2.10. The molecule has 0 fully saturated rings. The van der Waals surface area contributed by atoms with Crippen molar-refractivity contribution < 1.29 is 9.84 Å². The van der Waals surface area contributed by atoms with E-state index in [2.05, 4.69) is 10.3 Å². The van der Waals surface area contributed by atoms with Crippen molar-refractivity contribution in [3.63, 3.8) is 0 Å². The number of rotatable bonds is 7. The highest BCUT2D eigenvalue weighted by atomic mass is 16.5. The van der Waals surface area contributed by atoms with Gasteiger partial charge in [-0.1, -0.05) is 30.3 Å². The van der Waals surface area contributed by atoms with Crippen LogP contribution < -0.4 is 4.74 Å². The first-order valence-electron chi connectivity index (χ1n) is 6.55. The Morgan fingerprint density at radius 2 is 2.05 bits per heavy atom. The van der Waals surface area contributed by atoms with Crippen LogP contribution in [0.4, 0.5) is 0 Å². The molecule has 0 bridgehead atoms. The van der Waals surface area contributed by atoms with Crippen LogP contribution in [0.1, 0.15) is 24.7 Å². The molecular weight excluding hydrogens is 242 g/mol. The van der Waals surface area contributed by atoms with Gasteiger partial charge < -0.3 is 9.84 Å². The number of aliphatic hydroxyl groups is 1. The number of nitrogens with zero attached hydrogens (tertiary/aromatic N) is 3. The number of para-hydroxylation sites is 1. The number of aromatic nitrogens is 3. The second kappa shape index (κ2) is 6.89. The zero-order valence-corrected chi connectivity index (χ0v) is 11.1. The Bertz CT molecular complexity index is 497. The number of ether oxygens (including phenoxy) is 1. The van der Waals surface area contributed by atoms with E-state index in [4.69, 9.17) is 9.84 Å². The molecule has 0 aliphatic carbocycles. The molecule has 0 radical (unpaired) electrons. The summed E-state index contributed by atoms with van der Waals surface area (Å²) >= 11 is 0. The average molecular weight is 261 g/mol. The molecule has 1 aromatic carbocycles. The third kappa shape index (κ3) is 3.54. The lowest BCUT2D eigenvalue weighted by Gasteiger charge is -2.07. The van der Waals surface area contributed by atoms with E-state index in [-0.39, 0.29) is 6.61 Å². The van der Waals surface area contributed by atoms with Crippen LogP contribution in [0.15, 0.2) is 30.3 Å². The number of aliphatic hydroxyl groups excluding tert-OH is 1. The summed E-state index contributed by atoms with van der Waals surface area (Å²) in [4.78, 5) is 0. The summed E-state index contributed by atoms with van der Waals surface area (Å²) in [5.41, 5.74) is 1.67. The summed E-state index contributed by atoms with van der Waals surface area (Å²) in [6.45, 7) is 3.38. The second-order valence-electron chi connectivity index (χ2n) is 4.23. The largest absolute Gasteiger partial charge is 0.494 e. The van der Waals surface area contributed by atoms with Gasteiger partial charge in [0, 0.05) is 13.0 Å². The lowest BCUT2D eigenvalue weighted by molar-refractivity contribution is 0.275. The van der Waals surface area contributed by atoms with Gasteiger partial charge in [0.15, 0.2) is 0 Å². The van der Waals surface area contributed by atoms with Crippen LogP contribution in [-0.4, -0.2) is 26.7 Å². The van der Waals surface area contributed by atoms with Crippen LogP contribution in [0.5, 0.6) is 5.75 Å². The Kier molecular flexibility index (Phi) is 4.92. The number of benzene rings is 1. The van der Waals surface area contributed by atoms with Gasteiger partial charge >= 0.3 is 0 Å². The molecular formula is C14H19N3O2. The number of hydrogen-bond donors (Lipinski definition) is 1. The summed E-state index contributed by atoms with van der Waals surface area (Å²) in [6, 6.07) is 9.75. The highest BCUT2D eigenvalue weighted by molar-refractivity contribution is 5.20. The smallest absolute Gasteiger partial charge is 0.119 e. The normalized spacial score (nSPS) is 10.6. The average Bonchev–Trinajstić information content (AvgIpc) is 2.86. The second-order valence-corrected chi connectivity index (χ2v) is 4.23. The summed E-state index contributed by atoms with van der Waals surface area (Å²) in [5.74, 6) is 0.882. The van der Waals surface area contributed by atoms with Gasteiger partial charge in [0.2, 0.25) is 0 Å². The van der Waals surface area contributed by atoms with Gasteiger partial charge in [0.1, 0.15) is 11.4 Å². The standard InChI is InChI=1S/C14H19N3O2/c1-2-14-13(11-18)15-16-17(14)9-6-10-19-12-7-4-3-5-8-12/h3-5,7-8,18H,2,6,9-11H2,1H3. The molecule has 0 aliphatic rings. The molecule has 2 aromatic rings. The topological polar surface area (TPSA) is 60.2 Å². The maximum Gasteiger partial charge on any atom is 0.119 e. The van der Waals surface area contributed by atoms with Crippen LogP contribution in [0.25, 0.3) is 0 Å². The molecule has 0 spiro atoms. The van der Waals surface area contributed by atoms with Crippen LogP contribution in [0.2, 0.25) is 0 Å². The van der Waals surface area contributed by atoms with Gasteiger partial charge in [0.05, 0.1) is 18.9 Å². The van der Waals surface area contributed by atoms with E-state index in [1.165, 1.54) is 0 Å².